The molecule has 1 N–H and O–H groups in total. The molecule has 0 aromatic rings. The van der Waals surface area contributed by atoms with Crippen molar-refractivity contribution in [1.29, 1.82) is 0 Å². The first kappa shape index (κ1) is 12.9. The molecule has 0 radical (unpaired) electrons. The first-order valence-corrected chi connectivity index (χ1v) is 5.21. The van der Waals surface area contributed by atoms with E-state index in [-0.39, 0.29) is 0 Å². The minimum atomic E-state index is 0.317. The Morgan fingerprint density at radius 3 is 2.62 bits per heavy atom. The standard InChI is InChI=1S/C10H23NO2/c1-4-12-8-6-7-11-9-10(3)13-5-2/h10-11H,4-9H2,1-3H3. The van der Waals surface area contributed by atoms with Gasteiger partial charge in [-0.1, -0.05) is 0 Å². The van der Waals surface area contributed by atoms with Crippen molar-refractivity contribution in [3.63, 3.8) is 0 Å². The fraction of sp³-hybridized carbons (Fsp3) is 1.00. The van der Waals surface area contributed by atoms with E-state index in [9.17, 15) is 0 Å². The summed E-state index contributed by atoms with van der Waals surface area (Å²) in [4.78, 5) is 0. The minimum Gasteiger partial charge on any atom is -0.382 e. The van der Waals surface area contributed by atoms with Crippen molar-refractivity contribution in [2.75, 3.05) is 32.9 Å². The lowest BCUT2D eigenvalue weighted by Crippen LogP contribution is -2.28. The van der Waals surface area contributed by atoms with E-state index in [1.54, 1.807) is 0 Å². The molecule has 1 atom stereocenters. The molecule has 0 saturated carbocycles. The van der Waals surface area contributed by atoms with Crippen molar-refractivity contribution in [2.24, 2.45) is 0 Å². The second-order valence-corrected chi connectivity index (χ2v) is 3.02. The summed E-state index contributed by atoms with van der Waals surface area (Å²) in [6.45, 7) is 10.5. The van der Waals surface area contributed by atoms with Crippen LogP contribution in [0.4, 0.5) is 0 Å². The molecule has 0 saturated heterocycles. The highest BCUT2D eigenvalue weighted by atomic mass is 16.5. The van der Waals surface area contributed by atoms with Crippen LogP contribution >= 0.6 is 0 Å². The fourth-order valence-corrected chi connectivity index (χ4v) is 1.09. The predicted molar refractivity (Wildman–Crippen MR) is 55.1 cm³/mol. The predicted octanol–water partition coefficient (Wildman–Crippen LogP) is 1.43. The van der Waals surface area contributed by atoms with Gasteiger partial charge >= 0.3 is 0 Å². The van der Waals surface area contributed by atoms with Crippen LogP contribution in [0.15, 0.2) is 0 Å². The van der Waals surface area contributed by atoms with Gasteiger partial charge in [0, 0.05) is 26.4 Å². The zero-order chi connectivity index (χ0) is 9.94. The summed E-state index contributed by atoms with van der Waals surface area (Å²) >= 11 is 0. The van der Waals surface area contributed by atoms with Crippen molar-refractivity contribution in [3.05, 3.63) is 0 Å². The van der Waals surface area contributed by atoms with Crippen LogP contribution in [0.3, 0.4) is 0 Å². The molecule has 0 rings (SSSR count). The monoisotopic (exact) mass is 189 g/mol. The van der Waals surface area contributed by atoms with Gasteiger partial charge in [0.25, 0.3) is 0 Å². The maximum Gasteiger partial charge on any atom is 0.0671 e. The van der Waals surface area contributed by atoms with Gasteiger partial charge in [-0.25, -0.2) is 0 Å². The molecule has 0 aliphatic heterocycles. The molecule has 80 valence electrons. The summed E-state index contributed by atoms with van der Waals surface area (Å²) in [6, 6.07) is 0. The molecule has 13 heavy (non-hydrogen) atoms. The average Bonchev–Trinajstić information content (AvgIpc) is 2.11. The summed E-state index contributed by atoms with van der Waals surface area (Å²) in [5.74, 6) is 0. The van der Waals surface area contributed by atoms with Crippen LogP contribution in [0.1, 0.15) is 27.2 Å². The molecule has 3 nitrogen and oxygen atoms in total. The molecule has 0 amide bonds. The molecule has 0 aromatic carbocycles. The molecule has 3 heteroatoms. The molecular weight excluding hydrogens is 166 g/mol. The molecule has 1 unspecified atom stereocenters. The number of hydrogen-bond donors (Lipinski definition) is 1. The summed E-state index contributed by atoms with van der Waals surface area (Å²) in [6.07, 6.45) is 1.39. The second kappa shape index (κ2) is 9.96. The third-order valence-electron chi connectivity index (χ3n) is 1.73. The Kier molecular flexibility index (Phi) is 9.87. The first-order valence-electron chi connectivity index (χ1n) is 5.21. The summed E-state index contributed by atoms with van der Waals surface area (Å²) in [7, 11) is 0. The van der Waals surface area contributed by atoms with Gasteiger partial charge in [-0.15, -0.1) is 0 Å². The van der Waals surface area contributed by atoms with Crippen LogP contribution in [0, 0.1) is 0 Å². The highest BCUT2D eigenvalue weighted by Gasteiger charge is 1.98. The highest BCUT2D eigenvalue weighted by Crippen LogP contribution is 1.87. The van der Waals surface area contributed by atoms with Crippen molar-refractivity contribution in [1.82, 2.24) is 5.32 Å². The van der Waals surface area contributed by atoms with E-state index in [0.717, 1.165) is 39.3 Å². The van der Waals surface area contributed by atoms with Crippen molar-refractivity contribution in [3.8, 4) is 0 Å². The van der Waals surface area contributed by atoms with E-state index in [1.165, 1.54) is 0 Å². The molecular formula is C10H23NO2. The summed E-state index contributed by atoms with van der Waals surface area (Å²) < 4.78 is 10.6. The fourth-order valence-electron chi connectivity index (χ4n) is 1.09. The van der Waals surface area contributed by atoms with Gasteiger partial charge in [-0.2, -0.15) is 0 Å². The number of ether oxygens (including phenoxy) is 2. The van der Waals surface area contributed by atoms with Gasteiger partial charge in [-0.3, -0.25) is 0 Å². The lowest BCUT2D eigenvalue weighted by molar-refractivity contribution is 0.0753. The zero-order valence-corrected chi connectivity index (χ0v) is 9.14. The largest absolute Gasteiger partial charge is 0.382 e. The van der Waals surface area contributed by atoms with Gasteiger partial charge in [0.2, 0.25) is 0 Å². The van der Waals surface area contributed by atoms with E-state index in [0.29, 0.717) is 6.10 Å². The Bertz CT molecular complexity index is 98.9. The average molecular weight is 189 g/mol. The van der Waals surface area contributed by atoms with Crippen LogP contribution in [-0.2, 0) is 9.47 Å². The molecule has 0 fully saturated rings. The Labute approximate surface area is 81.8 Å². The Balaban J connectivity index is 2.97. The second-order valence-electron chi connectivity index (χ2n) is 3.02. The third kappa shape index (κ3) is 9.80. The zero-order valence-electron chi connectivity index (χ0n) is 9.14. The molecule has 0 bridgehead atoms. The van der Waals surface area contributed by atoms with Gasteiger partial charge in [0.05, 0.1) is 6.10 Å². The van der Waals surface area contributed by atoms with Crippen molar-refractivity contribution in [2.45, 2.75) is 33.3 Å². The van der Waals surface area contributed by atoms with E-state index in [4.69, 9.17) is 9.47 Å². The smallest absolute Gasteiger partial charge is 0.0671 e. The molecule has 0 heterocycles. The van der Waals surface area contributed by atoms with E-state index < -0.39 is 0 Å². The Morgan fingerprint density at radius 2 is 2.00 bits per heavy atom. The maximum atomic E-state index is 5.38. The SMILES string of the molecule is CCOCCCNCC(C)OCC. The topological polar surface area (TPSA) is 30.5 Å². The van der Waals surface area contributed by atoms with Gasteiger partial charge < -0.3 is 14.8 Å². The lowest BCUT2D eigenvalue weighted by atomic mass is 10.4. The van der Waals surface area contributed by atoms with Crippen LogP contribution in [0.5, 0.6) is 0 Å². The van der Waals surface area contributed by atoms with Crippen LogP contribution in [0.2, 0.25) is 0 Å². The van der Waals surface area contributed by atoms with Gasteiger partial charge in [-0.05, 0) is 33.7 Å². The molecule has 0 aromatic heterocycles. The third-order valence-corrected chi connectivity index (χ3v) is 1.73. The molecule has 0 aliphatic rings. The maximum absolute atomic E-state index is 5.38. The van der Waals surface area contributed by atoms with Gasteiger partial charge in [0.15, 0.2) is 0 Å². The number of rotatable bonds is 9. The molecule has 0 aliphatic carbocycles. The van der Waals surface area contributed by atoms with E-state index in [2.05, 4.69) is 12.2 Å². The van der Waals surface area contributed by atoms with E-state index in [1.807, 2.05) is 13.8 Å². The van der Waals surface area contributed by atoms with Crippen LogP contribution in [0.25, 0.3) is 0 Å². The first-order chi connectivity index (χ1) is 6.31. The molecule has 0 spiro atoms. The summed E-state index contributed by atoms with van der Waals surface area (Å²) in [5.41, 5.74) is 0. The van der Waals surface area contributed by atoms with Crippen molar-refractivity contribution >= 4 is 0 Å². The minimum absolute atomic E-state index is 0.317. The van der Waals surface area contributed by atoms with Crippen LogP contribution in [-0.4, -0.2) is 39.0 Å². The Hall–Kier alpha value is -0.120. The van der Waals surface area contributed by atoms with Crippen molar-refractivity contribution < 1.29 is 9.47 Å². The normalized spacial score (nSPS) is 13.2. The highest BCUT2D eigenvalue weighted by molar-refractivity contribution is 4.54. The number of hydrogen-bond acceptors (Lipinski definition) is 3. The summed E-state index contributed by atoms with van der Waals surface area (Å²) in [5, 5.41) is 3.32. The van der Waals surface area contributed by atoms with Crippen LogP contribution < -0.4 is 5.32 Å². The quantitative estimate of drug-likeness (QED) is 0.557. The lowest BCUT2D eigenvalue weighted by Gasteiger charge is -2.12. The number of nitrogens with one attached hydrogen (secondary N) is 1. The Morgan fingerprint density at radius 1 is 1.23 bits per heavy atom. The van der Waals surface area contributed by atoms with Gasteiger partial charge in [0.1, 0.15) is 0 Å². The van der Waals surface area contributed by atoms with E-state index >= 15 is 0 Å².